The molecule has 0 aliphatic heterocycles. The fourth-order valence-electron chi connectivity index (χ4n) is 2.40. The number of carbonyl (C=O) groups is 1. The van der Waals surface area contributed by atoms with E-state index in [4.69, 9.17) is 0 Å². The van der Waals surface area contributed by atoms with Crippen molar-refractivity contribution in [3.8, 4) is 5.75 Å². The molecule has 0 spiro atoms. The van der Waals surface area contributed by atoms with Crippen molar-refractivity contribution in [2.45, 2.75) is 0 Å². The molecule has 8 heteroatoms. The maximum Gasteiger partial charge on any atom is 0.271 e. The zero-order valence-corrected chi connectivity index (χ0v) is 14.8. The number of aromatic hydroxyl groups is 1. The van der Waals surface area contributed by atoms with Crippen molar-refractivity contribution in [2.75, 3.05) is 0 Å². The van der Waals surface area contributed by atoms with Gasteiger partial charge in [-0.1, -0.05) is 28.1 Å². The molecule has 2 N–H and O–H groups in total. The average Bonchev–Trinajstić information content (AvgIpc) is 2.63. The van der Waals surface area contributed by atoms with Gasteiger partial charge < -0.3 is 5.11 Å². The number of phenolic OH excluding ortho intramolecular Hbond substituents is 1. The Hall–Kier alpha value is -3.26. The van der Waals surface area contributed by atoms with Gasteiger partial charge in [-0.3, -0.25) is 14.9 Å². The van der Waals surface area contributed by atoms with Crippen LogP contribution in [0.15, 0.2) is 64.2 Å². The number of nitrogens with zero attached hydrogens (tertiary/aromatic N) is 2. The maximum atomic E-state index is 12.0. The third-order valence-corrected chi connectivity index (χ3v) is 4.19. The number of fused-ring (bicyclic) bond motifs is 1. The van der Waals surface area contributed by atoms with Gasteiger partial charge in [-0.05, 0) is 41.1 Å². The van der Waals surface area contributed by atoms with Crippen molar-refractivity contribution in [1.82, 2.24) is 5.43 Å². The molecule has 0 atom stereocenters. The molecule has 7 nitrogen and oxygen atoms in total. The highest BCUT2D eigenvalue weighted by Gasteiger charge is 2.09. The van der Waals surface area contributed by atoms with Crippen molar-refractivity contribution in [1.29, 1.82) is 0 Å². The molecule has 0 aliphatic carbocycles. The van der Waals surface area contributed by atoms with Crippen LogP contribution in [0.1, 0.15) is 15.9 Å². The second-order valence-corrected chi connectivity index (χ2v) is 6.28. The smallest absolute Gasteiger partial charge is 0.271 e. The third-order valence-electron chi connectivity index (χ3n) is 3.70. The Kier molecular flexibility index (Phi) is 4.94. The van der Waals surface area contributed by atoms with Crippen molar-refractivity contribution < 1.29 is 14.8 Å². The van der Waals surface area contributed by atoms with Crippen molar-refractivity contribution in [3.05, 3.63) is 80.3 Å². The molecule has 3 rings (SSSR count). The number of hydrazone groups is 1. The van der Waals surface area contributed by atoms with E-state index in [1.165, 1.54) is 30.5 Å². The van der Waals surface area contributed by atoms with Crippen LogP contribution in [0.3, 0.4) is 0 Å². The van der Waals surface area contributed by atoms with Gasteiger partial charge in [0.2, 0.25) is 0 Å². The first-order chi connectivity index (χ1) is 12.5. The number of carbonyl (C=O) groups excluding carboxylic acids is 1. The van der Waals surface area contributed by atoms with E-state index in [9.17, 15) is 20.0 Å². The molecule has 130 valence electrons. The molecule has 0 saturated carbocycles. The van der Waals surface area contributed by atoms with E-state index in [2.05, 4.69) is 26.5 Å². The summed E-state index contributed by atoms with van der Waals surface area (Å²) in [6.45, 7) is 0. The second kappa shape index (κ2) is 7.32. The number of halogens is 1. The van der Waals surface area contributed by atoms with E-state index in [1.54, 1.807) is 12.1 Å². The molecule has 0 saturated heterocycles. The molecule has 0 aliphatic rings. The van der Waals surface area contributed by atoms with Crippen LogP contribution < -0.4 is 5.43 Å². The summed E-state index contributed by atoms with van der Waals surface area (Å²) in [6.07, 6.45) is 1.36. The van der Waals surface area contributed by atoms with Gasteiger partial charge in [-0.2, -0.15) is 5.10 Å². The number of nitro groups is 1. The molecular formula is C18H12BrN3O4. The summed E-state index contributed by atoms with van der Waals surface area (Å²) >= 11 is 3.39. The normalized spacial score (nSPS) is 11.0. The second-order valence-electron chi connectivity index (χ2n) is 5.37. The summed E-state index contributed by atoms with van der Waals surface area (Å²) in [6, 6.07) is 14.1. The number of benzene rings is 3. The molecule has 0 heterocycles. The molecule has 0 radical (unpaired) electrons. The van der Waals surface area contributed by atoms with Crippen molar-refractivity contribution in [2.24, 2.45) is 5.10 Å². The highest BCUT2D eigenvalue weighted by Crippen LogP contribution is 2.28. The Morgan fingerprint density at radius 2 is 1.88 bits per heavy atom. The van der Waals surface area contributed by atoms with Crippen molar-refractivity contribution in [3.63, 3.8) is 0 Å². The van der Waals surface area contributed by atoms with E-state index >= 15 is 0 Å². The molecule has 0 unspecified atom stereocenters. The molecule has 3 aromatic carbocycles. The first kappa shape index (κ1) is 17.6. The standard InChI is InChI=1S/C18H12BrN3O4/c19-13-4-7-15-12(9-13)3-8-17(23)16(15)10-20-21-18(24)11-1-5-14(6-2-11)22(25)26/h1-10,23H,(H,21,24)/b20-10+. The van der Waals surface area contributed by atoms with Gasteiger partial charge in [0.05, 0.1) is 11.1 Å². The fraction of sp³-hybridized carbons (Fsp3) is 0. The number of hydrogen-bond donors (Lipinski definition) is 2. The Balaban J connectivity index is 1.80. The molecular weight excluding hydrogens is 402 g/mol. The predicted octanol–water partition coefficient (Wildman–Crippen LogP) is 3.98. The Labute approximate surface area is 156 Å². The Morgan fingerprint density at radius 1 is 1.15 bits per heavy atom. The molecule has 1 amide bonds. The summed E-state index contributed by atoms with van der Waals surface area (Å²) < 4.78 is 0.907. The summed E-state index contributed by atoms with van der Waals surface area (Å²) in [4.78, 5) is 22.1. The van der Waals surface area contributed by atoms with Crippen LogP contribution in [0.5, 0.6) is 5.75 Å². The Bertz CT molecular complexity index is 1030. The fourth-order valence-corrected chi connectivity index (χ4v) is 2.78. The summed E-state index contributed by atoms with van der Waals surface area (Å²) in [5.41, 5.74) is 2.95. The minimum Gasteiger partial charge on any atom is -0.507 e. The molecule has 26 heavy (non-hydrogen) atoms. The lowest BCUT2D eigenvalue weighted by molar-refractivity contribution is -0.384. The van der Waals surface area contributed by atoms with Gasteiger partial charge in [0.1, 0.15) is 5.75 Å². The average molecular weight is 414 g/mol. The summed E-state index contributed by atoms with van der Waals surface area (Å²) in [5.74, 6) is -0.480. The highest BCUT2D eigenvalue weighted by atomic mass is 79.9. The van der Waals surface area contributed by atoms with Crippen LogP contribution >= 0.6 is 15.9 Å². The largest absolute Gasteiger partial charge is 0.507 e. The van der Waals surface area contributed by atoms with Crippen molar-refractivity contribution >= 4 is 44.5 Å². The Morgan fingerprint density at radius 3 is 2.58 bits per heavy atom. The monoisotopic (exact) mass is 413 g/mol. The molecule has 0 bridgehead atoms. The van der Waals surface area contributed by atoms with Gasteiger partial charge in [0.15, 0.2) is 0 Å². The highest BCUT2D eigenvalue weighted by molar-refractivity contribution is 9.10. The first-order valence-electron chi connectivity index (χ1n) is 7.45. The topological polar surface area (TPSA) is 105 Å². The minimum absolute atomic E-state index is 0.0353. The number of nitrogens with one attached hydrogen (secondary N) is 1. The minimum atomic E-state index is -0.540. The molecule has 0 aromatic heterocycles. The van der Waals surface area contributed by atoms with Crippen LogP contribution in [0.2, 0.25) is 0 Å². The van der Waals surface area contributed by atoms with E-state index in [0.29, 0.717) is 5.56 Å². The summed E-state index contributed by atoms with van der Waals surface area (Å²) in [7, 11) is 0. The van der Waals surface area contributed by atoms with E-state index < -0.39 is 10.8 Å². The molecule has 3 aromatic rings. The van der Waals surface area contributed by atoms with Crippen LogP contribution in [0.4, 0.5) is 5.69 Å². The number of non-ortho nitro benzene ring substituents is 1. The van der Waals surface area contributed by atoms with E-state index in [1.807, 2.05) is 18.2 Å². The summed E-state index contributed by atoms with van der Waals surface area (Å²) in [5, 5.41) is 26.3. The van der Waals surface area contributed by atoms with Gasteiger partial charge in [-0.15, -0.1) is 0 Å². The van der Waals surface area contributed by atoms with E-state index in [-0.39, 0.29) is 17.0 Å². The van der Waals surface area contributed by atoms with Crippen LogP contribution in [0, 0.1) is 10.1 Å². The zero-order valence-electron chi connectivity index (χ0n) is 13.2. The number of hydrogen-bond acceptors (Lipinski definition) is 5. The SMILES string of the molecule is O=C(N/N=C/c1c(O)ccc2cc(Br)ccc12)c1ccc([N+](=O)[O-])cc1. The quantitative estimate of drug-likeness (QED) is 0.383. The van der Waals surface area contributed by atoms with Gasteiger partial charge in [0.25, 0.3) is 11.6 Å². The third kappa shape index (κ3) is 3.70. The number of rotatable bonds is 4. The van der Waals surface area contributed by atoms with Crippen LogP contribution in [-0.4, -0.2) is 22.2 Å². The maximum absolute atomic E-state index is 12.0. The lowest BCUT2D eigenvalue weighted by Crippen LogP contribution is -2.17. The number of phenols is 1. The van der Waals surface area contributed by atoms with Crippen LogP contribution in [0.25, 0.3) is 10.8 Å². The zero-order chi connectivity index (χ0) is 18.7. The van der Waals surface area contributed by atoms with Gasteiger partial charge in [0, 0.05) is 27.7 Å². The first-order valence-corrected chi connectivity index (χ1v) is 8.24. The van der Waals surface area contributed by atoms with Gasteiger partial charge in [-0.25, -0.2) is 5.43 Å². The lowest BCUT2D eigenvalue weighted by Gasteiger charge is -2.05. The lowest BCUT2D eigenvalue weighted by atomic mass is 10.0. The van der Waals surface area contributed by atoms with Crippen LogP contribution in [-0.2, 0) is 0 Å². The van der Waals surface area contributed by atoms with E-state index in [0.717, 1.165) is 15.2 Å². The number of amides is 1. The predicted molar refractivity (Wildman–Crippen MR) is 101 cm³/mol. The molecule has 0 fully saturated rings. The van der Waals surface area contributed by atoms with Gasteiger partial charge >= 0.3 is 0 Å². The number of nitro benzene ring substituents is 1.